The van der Waals surface area contributed by atoms with Crippen molar-refractivity contribution in [1.82, 2.24) is 14.9 Å². The Morgan fingerprint density at radius 1 is 1.35 bits per heavy atom. The van der Waals surface area contributed by atoms with Crippen molar-refractivity contribution in [2.75, 3.05) is 12.3 Å². The van der Waals surface area contributed by atoms with Gasteiger partial charge in [-0.25, -0.2) is 14.4 Å². The van der Waals surface area contributed by atoms with Crippen LogP contribution in [0.4, 0.5) is 10.2 Å². The third-order valence-electron chi connectivity index (χ3n) is 4.63. The lowest BCUT2D eigenvalue weighted by atomic mass is 10.0. The summed E-state index contributed by atoms with van der Waals surface area (Å²) in [5.41, 5.74) is 6.93. The first kappa shape index (κ1) is 16.4. The van der Waals surface area contributed by atoms with Crippen molar-refractivity contribution in [3.63, 3.8) is 0 Å². The van der Waals surface area contributed by atoms with Crippen LogP contribution in [0.15, 0.2) is 41.7 Å². The molecule has 0 radical (unpaired) electrons. The minimum absolute atomic E-state index is 0.159. The predicted molar refractivity (Wildman–Crippen MR) is 92.6 cm³/mol. The first-order chi connectivity index (χ1) is 12.6. The average molecular weight is 355 g/mol. The highest BCUT2D eigenvalue weighted by Crippen LogP contribution is 2.32. The molecule has 1 aromatic carbocycles. The van der Waals surface area contributed by atoms with Gasteiger partial charge in [-0.05, 0) is 31.0 Å². The fourth-order valence-corrected chi connectivity index (χ4v) is 3.38. The summed E-state index contributed by atoms with van der Waals surface area (Å²) in [6, 6.07) is 7.50. The summed E-state index contributed by atoms with van der Waals surface area (Å²) in [5.74, 6) is 0.412. The van der Waals surface area contributed by atoms with Gasteiger partial charge >= 0.3 is 0 Å². The zero-order valence-corrected chi connectivity index (χ0v) is 14.0. The first-order valence-corrected chi connectivity index (χ1v) is 8.49. The summed E-state index contributed by atoms with van der Waals surface area (Å²) >= 11 is 0. The number of carbonyl (C=O) groups excluding carboxylic acids is 1. The van der Waals surface area contributed by atoms with Crippen LogP contribution in [0.5, 0.6) is 0 Å². The van der Waals surface area contributed by atoms with E-state index in [0.717, 1.165) is 12.8 Å². The van der Waals surface area contributed by atoms with Crippen LogP contribution < -0.4 is 5.73 Å². The molecule has 8 heteroatoms. The SMILES string of the molecule is Nc1ccnc(C2CCCN2C(=O)C2CC(c3cccc(F)c3)=NO2)n1. The molecular formula is C18H18FN5O2. The Hall–Kier alpha value is -3.03. The molecule has 2 aliphatic rings. The van der Waals surface area contributed by atoms with Crippen molar-refractivity contribution in [3.05, 3.63) is 53.7 Å². The van der Waals surface area contributed by atoms with Gasteiger partial charge in [0.1, 0.15) is 11.6 Å². The van der Waals surface area contributed by atoms with Gasteiger partial charge in [-0.15, -0.1) is 0 Å². The molecule has 0 spiro atoms. The normalized spacial score (nSPS) is 22.2. The van der Waals surface area contributed by atoms with Gasteiger partial charge < -0.3 is 15.5 Å². The van der Waals surface area contributed by atoms with Crippen LogP contribution in [-0.4, -0.2) is 39.1 Å². The van der Waals surface area contributed by atoms with Crippen LogP contribution in [0.2, 0.25) is 0 Å². The number of carbonyl (C=O) groups is 1. The lowest BCUT2D eigenvalue weighted by Crippen LogP contribution is -2.39. The molecular weight excluding hydrogens is 337 g/mol. The Kier molecular flexibility index (Phi) is 4.24. The summed E-state index contributed by atoms with van der Waals surface area (Å²) in [6.45, 7) is 0.608. The Labute approximate surface area is 149 Å². The van der Waals surface area contributed by atoms with E-state index in [1.54, 1.807) is 29.3 Å². The zero-order valence-electron chi connectivity index (χ0n) is 14.0. The number of benzene rings is 1. The Morgan fingerprint density at radius 2 is 2.23 bits per heavy atom. The van der Waals surface area contributed by atoms with Crippen LogP contribution in [0, 0.1) is 5.82 Å². The van der Waals surface area contributed by atoms with Gasteiger partial charge in [-0.3, -0.25) is 4.79 Å². The van der Waals surface area contributed by atoms with Crippen LogP contribution in [0.1, 0.15) is 36.7 Å². The number of amides is 1. The summed E-state index contributed by atoms with van der Waals surface area (Å²) in [5, 5.41) is 3.98. The molecule has 2 aromatic rings. The zero-order chi connectivity index (χ0) is 18.1. The third kappa shape index (κ3) is 3.10. The van der Waals surface area contributed by atoms with Crippen LogP contribution in [0.3, 0.4) is 0 Å². The second-order valence-corrected chi connectivity index (χ2v) is 6.38. The number of oxime groups is 1. The van der Waals surface area contributed by atoms with Gasteiger partial charge in [0, 0.05) is 24.7 Å². The minimum atomic E-state index is -0.713. The molecule has 1 aromatic heterocycles. The molecule has 2 unspecified atom stereocenters. The number of nitrogens with zero attached hydrogens (tertiary/aromatic N) is 4. The topological polar surface area (TPSA) is 93.7 Å². The van der Waals surface area contributed by atoms with E-state index < -0.39 is 6.10 Å². The maximum atomic E-state index is 13.4. The molecule has 2 N–H and O–H groups in total. The van der Waals surface area contributed by atoms with E-state index in [-0.39, 0.29) is 17.8 Å². The molecule has 1 fully saturated rings. The number of hydrogen-bond acceptors (Lipinski definition) is 6. The highest BCUT2D eigenvalue weighted by Gasteiger charge is 2.39. The molecule has 4 rings (SSSR count). The van der Waals surface area contributed by atoms with Crippen molar-refractivity contribution in [1.29, 1.82) is 0 Å². The van der Waals surface area contributed by atoms with Gasteiger partial charge in [0.25, 0.3) is 5.91 Å². The smallest absolute Gasteiger partial charge is 0.267 e. The number of nitrogens with two attached hydrogens (primary N) is 1. The number of aromatic nitrogens is 2. The Morgan fingerprint density at radius 3 is 3.04 bits per heavy atom. The Balaban J connectivity index is 1.48. The molecule has 1 saturated heterocycles. The third-order valence-corrected chi connectivity index (χ3v) is 4.63. The summed E-state index contributed by atoms with van der Waals surface area (Å²) in [7, 11) is 0. The van der Waals surface area contributed by atoms with Crippen LogP contribution in [0.25, 0.3) is 0 Å². The maximum absolute atomic E-state index is 13.4. The van der Waals surface area contributed by atoms with E-state index >= 15 is 0 Å². The number of halogens is 1. The second kappa shape index (κ2) is 6.70. The maximum Gasteiger partial charge on any atom is 0.267 e. The summed E-state index contributed by atoms with van der Waals surface area (Å²) in [4.78, 5) is 28.5. The fourth-order valence-electron chi connectivity index (χ4n) is 3.38. The summed E-state index contributed by atoms with van der Waals surface area (Å²) in [6.07, 6.45) is 2.83. The van der Waals surface area contributed by atoms with Crippen molar-refractivity contribution < 1.29 is 14.0 Å². The van der Waals surface area contributed by atoms with Crippen molar-refractivity contribution >= 4 is 17.4 Å². The Bertz CT molecular complexity index is 872. The molecule has 3 heterocycles. The lowest BCUT2D eigenvalue weighted by Gasteiger charge is -2.25. The van der Waals surface area contributed by atoms with Gasteiger partial charge in [0.15, 0.2) is 5.82 Å². The van der Waals surface area contributed by atoms with E-state index in [1.165, 1.54) is 12.1 Å². The van der Waals surface area contributed by atoms with Gasteiger partial charge in [0.2, 0.25) is 6.10 Å². The van der Waals surface area contributed by atoms with E-state index in [2.05, 4.69) is 15.1 Å². The van der Waals surface area contributed by atoms with Crippen molar-refractivity contribution in [2.24, 2.45) is 5.16 Å². The molecule has 0 saturated carbocycles. The first-order valence-electron chi connectivity index (χ1n) is 8.49. The molecule has 0 aliphatic carbocycles. The average Bonchev–Trinajstić information content (AvgIpc) is 3.31. The molecule has 134 valence electrons. The van der Waals surface area contributed by atoms with Gasteiger partial charge in [0.05, 0.1) is 11.8 Å². The minimum Gasteiger partial charge on any atom is -0.384 e. The van der Waals surface area contributed by atoms with Gasteiger partial charge in [-0.1, -0.05) is 17.3 Å². The number of likely N-dealkylation sites (tertiary alicyclic amines) is 1. The highest BCUT2D eigenvalue weighted by atomic mass is 19.1. The largest absolute Gasteiger partial charge is 0.384 e. The molecule has 0 bridgehead atoms. The van der Waals surface area contributed by atoms with E-state index in [9.17, 15) is 9.18 Å². The predicted octanol–water partition coefficient (Wildman–Crippen LogP) is 2.05. The summed E-state index contributed by atoms with van der Waals surface area (Å²) < 4.78 is 13.4. The molecule has 26 heavy (non-hydrogen) atoms. The quantitative estimate of drug-likeness (QED) is 0.909. The number of rotatable bonds is 3. The molecule has 2 aliphatic heterocycles. The molecule has 7 nitrogen and oxygen atoms in total. The highest BCUT2D eigenvalue weighted by molar-refractivity contribution is 6.04. The van der Waals surface area contributed by atoms with E-state index in [4.69, 9.17) is 10.6 Å². The molecule has 2 atom stereocenters. The lowest BCUT2D eigenvalue weighted by molar-refractivity contribution is -0.143. The second-order valence-electron chi connectivity index (χ2n) is 6.38. The van der Waals surface area contributed by atoms with Crippen LogP contribution >= 0.6 is 0 Å². The van der Waals surface area contributed by atoms with Crippen molar-refractivity contribution in [3.8, 4) is 0 Å². The number of anilines is 1. The van der Waals surface area contributed by atoms with Crippen molar-refractivity contribution in [2.45, 2.75) is 31.4 Å². The fraction of sp³-hybridized carbons (Fsp3) is 0.333. The monoisotopic (exact) mass is 355 g/mol. The standard InChI is InChI=1S/C18H18FN5O2/c19-12-4-1-3-11(9-12)13-10-15(26-23-13)18(25)24-8-2-5-14(24)17-21-7-6-16(20)22-17/h1,3-4,6-7,9,14-15H,2,5,8,10H2,(H2,20,21,22). The van der Waals surface area contributed by atoms with E-state index in [1.807, 2.05) is 0 Å². The number of hydrogen-bond donors (Lipinski definition) is 1. The van der Waals surface area contributed by atoms with Crippen LogP contribution in [-0.2, 0) is 9.63 Å². The molecule has 1 amide bonds. The van der Waals surface area contributed by atoms with E-state index in [0.29, 0.717) is 35.9 Å². The number of nitrogen functional groups attached to an aromatic ring is 1. The van der Waals surface area contributed by atoms with Gasteiger partial charge in [-0.2, -0.15) is 0 Å².